The van der Waals surface area contributed by atoms with Gasteiger partial charge in [-0.3, -0.25) is 0 Å². The number of benzene rings is 2. The molecule has 2 nitrogen and oxygen atoms in total. The van der Waals surface area contributed by atoms with Gasteiger partial charge in [-0.2, -0.15) is 0 Å². The Labute approximate surface area is 116 Å². The van der Waals surface area contributed by atoms with Crippen molar-refractivity contribution in [2.45, 2.75) is 19.7 Å². The van der Waals surface area contributed by atoms with Crippen LogP contribution in [-0.2, 0) is 11.3 Å². The maximum absolute atomic E-state index is 11.6. The van der Waals surface area contributed by atoms with E-state index in [9.17, 15) is 13.2 Å². The normalized spacial score (nSPS) is 10.4. The van der Waals surface area contributed by atoms with Gasteiger partial charge in [0.1, 0.15) is 0 Å². The highest BCUT2D eigenvalue weighted by Crippen LogP contribution is 2.26. The Morgan fingerprint density at radius 2 is 1.35 bits per heavy atom. The molecule has 0 aliphatic carbocycles. The summed E-state index contributed by atoms with van der Waals surface area (Å²) in [5, 5.41) is 0. The first-order valence-electron chi connectivity index (χ1n) is 6.06. The molecule has 0 aliphatic rings. The van der Waals surface area contributed by atoms with Crippen molar-refractivity contribution in [3.8, 4) is 0 Å². The van der Waals surface area contributed by atoms with Crippen molar-refractivity contribution < 1.29 is 18.0 Å². The van der Waals surface area contributed by atoms with Crippen LogP contribution in [0, 0.1) is 0 Å². The third-order valence-electron chi connectivity index (χ3n) is 2.27. The molecule has 0 amide bonds. The summed E-state index contributed by atoms with van der Waals surface area (Å²) < 4.78 is 34.7. The van der Waals surface area contributed by atoms with E-state index in [2.05, 4.69) is 10.3 Å². The average Bonchev–Trinajstić information content (AvgIpc) is 2.47. The summed E-state index contributed by atoms with van der Waals surface area (Å²) in [4.78, 5) is 3.31. The SMILES string of the molecule is CCc1ccc([N-]OC(F)(F)F)cc1.c1ccccc1. The molecule has 0 atom stereocenters. The lowest BCUT2D eigenvalue weighted by Gasteiger charge is -2.23. The van der Waals surface area contributed by atoms with E-state index in [1.54, 1.807) is 12.1 Å². The maximum atomic E-state index is 11.6. The van der Waals surface area contributed by atoms with Gasteiger partial charge in [0.05, 0.1) is 0 Å². The van der Waals surface area contributed by atoms with Gasteiger partial charge in [-0.1, -0.05) is 67.6 Å². The monoisotopic (exact) mass is 282 g/mol. The van der Waals surface area contributed by atoms with Crippen molar-refractivity contribution in [1.29, 1.82) is 0 Å². The predicted octanol–water partition coefficient (Wildman–Crippen LogP) is 5.39. The molecule has 108 valence electrons. The average molecular weight is 282 g/mol. The second-order valence-corrected chi connectivity index (χ2v) is 3.80. The largest absolute Gasteiger partial charge is 0.555 e. The summed E-state index contributed by atoms with van der Waals surface area (Å²) in [7, 11) is 0. The first-order chi connectivity index (χ1) is 9.51. The van der Waals surface area contributed by atoms with Gasteiger partial charge in [-0.15, -0.1) is 18.9 Å². The minimum Gasteiger partial charge on any atom is -0.555 e. The van der Waals surface area contributed by atoms with Gasteiger partial charge in [-0.25, -0.2) is 0 Å². The molecule has 0 bridgehead atoms. The second-order valence-electron chi connectivity index (χ2n) is 3.80. The summed E-state index contributed by atoms with van der Waals surface area (Å²) in [5.74, 6) is 0. The quantitative estimate of drug-likeness (QED) is 0.692. The molecule has 0 saturated heterocycles. The minimum absolute atomic E-state index is 0.152. The van der Waals surface area contributed by atoms with Crippen LogP contribution in [0.25, 0.3) is 5.48 Å². The van der Waals surface area contributed by atoms with Gasteiger partial charge in [0.25, 0.3) is 0 Å². The van der Waals surface area contributed by atoms with Crippen molar-refractivity contribution in [2.24, 2.45) is 0 Å². The molecular weight excluding hydrogens is 267 g/mol. The van der Waals surface area contributed by atoms with Crippen LogP contribution in [0.1, 0.15) is 12.5 Å². The highest BCUT2D eigenvalue weighted by Gasteiger charge is 2.24. The van der Waals surface area contributed by atoms with Gasteiger partial charge >= 0.3 is 6.36 Å². The fourth-order valence-electron chi connectivity index (χ4n) is 1.28. The third-order valence-corrected chi connectivity index (χ3v) is 2.27. The number of hydrogen-bond donors (Lipinski definition) is 0. The molecule has 0 aromatic heterocycles. The molecule has 0 heterocycles. The van der Waals surface area contributed by atoms with E-state index in [0.29, 0.717) is 0 Å². The minimum atomic E-state index is -4.72. The zero-order chi connectivity index (χ0) is 14.8. The third kappa shape index (κ3) is 7.43. The number of aryl methyl sites for hydroxylation is 1. The zero-order valence-electron chi connectivity index (χ0n) is 11.0. The molecule has 5 heteroatoms. The highest BCUT2D eigenvalue weighted by molar-refractivity contribution is 5.46. The molecule has 0 spiro atoms. The number of halogens is 3. The van der Waals surface area contributed by atoms with E-state index >= 15 is 0 Å². The topological polar surface area (TPSA) is 23.3 Å². The molecule has 0 unspecified atom stereocenters. The Bertz CT molecular complexity index is 442. The lowest BCUT2D eigenvalue weighted by atomic mass is 10.2. The lowest BCUT2D eigenvalue weighted by molar-refractivity contribution is -0.303. The first-order valence-corrected chi connectivity index (χ1v) is 6.06. The molecule has 0 saturated carbocycles. The van der Waals surface area contributed by atoms with E-state index in [4.69, 9.17) is 0 Å². The molecule has 2 aromatic carbocycles. The Hall–Kier alpha value is -2.01. The molecule has 2 aromatic rings. The van der Waals surface area contributed by atoms with Gasteiger partial charge in [0, 0.05) is 0 Å². The van der Waals surface area contributed by atoms with Gasteiger partial charge in [0.15, 0.2) is 0 Å². The number of nitrogens with zero attached hydrogens (tertiary/aromatic N) is 1. The number of hydrogen-bond acceptors (Lipinski definition) is 1. The molecule has 2 rings (SSSR count). The number of rotatable bonds is 3. The summed E-state index contributed by atoms with van der Waals surface area (Å²) in [6.07, 6.45) is -3.89. The van der Waals surface area contributed by atoms with E-state index in [-0.39, 0.29) is 5.69 Å². The van der Waals surface area contributed by atoms with Gasteiger partial charge < -0.3 is 10.3 Å². The van der Waals surface area contributed by atoms with Gasteiger partial charge in [-0.05, 0) is 12.0 Å². The first kappa shape index (κ1) is 16.0. The summed E-state index contributed by atoms with van der Waals surface area (Å²) >= 11 is 0. The van der Waals surface area contributed by atoms with Crippen LogP contribution in [-0.4, -0.2) is 6.36 Å². The van der Waals surface area contributed by atoms with Crippen LogP contribution in [0.4, 0.5) is 18.9 Å². The Kier molecular flexibility index (Phi) is 6.59. The summed E-state index contributed by atoms with van der Waals surface area (Å²) in [6, 6.07) is 18.4. The van der Waals surface area contributed by atoms with E-state index in [0.717, 1.165) is 12.0 Å². The molecular formula is C15H15F3NO-. The number of alkyl halides is 3. The molecule has 0 N–H and O–H groups in total. The molecule has 0 fully saturated rings. The van der Waals surface area contributed by atoms with Crippen LogP contribution >= 0.6 is 0 Å². The van der Waals surface area contributed by atoms with Crippen molar-refractivity contribution in [3.05, 3.63) is 71.7 Å². The van der Waals surface area contributed by atoms with Crippen LogP contribution in [0.5, 0.6) is 0 Å². The van der Waals surface area contributed by atoms with Crippen LogP contribution in [0.3, 0.4) is 0 Å². The molecule has 0 radical (unpaired) electrons. The fourth-order valence-corrected chi connectivity index (χ4v) is 1.28. The zero-order valence-corrected chi connectivity index (χ0v) is 11.0. The summed E-state index contributed by atoms with van der Waals surface area (Å²) in [5.41, 5.74) is 4.12. The fraction of sp³-hybridized carbons (Fsp3) is 0.200. The Morgan fingerprint density at radius 1 is 0.900 bits per heavy atom. The van der Waals surface area contributed by atoms with Crippen molar-refractivity contribution >= 4 is 5.69 Å². The van der Waals surface area contributed by atoms with Crippen molar-refractivity contribution in [3.63, 3.8) is 0 Å². The Morgan fingerprint density at radius 3 is 1.70 bits per heavy atom. The summed E-state index contributed by atoms with van der Waals surface area (Å²) in [6.45, 7) is 1.96. The van der Waals surface area contributed by atoms with Gasteiger partial charge in [0.2, 0.25) is 0 Å². The molecule has 0 aliphatic heterocycles. The Balaban J connectivity index is 0.000000276. The van der Waals surface area contributed by atoms with E-state index < -0.39 is 6.36 Å². The van der Waals surface area contributed by atoms with E-state index in [1.807, 2.05) is 43.3 Å². The van der Waals surface area contributed by atoms with Crippen molar-refractivity contribution in [1.82, 2.24) is 0 Å². The molecule has 20 heavy (non-hydrogen) atoms. The van der Waals surface area contributed by atoms with Crippen molar-refractivity contribution in [2.75, 3.05) is 0 Å². The standard InChI is InChI=1S/C9H9F3NO.C6H6/c1-2-7-3-5-8(6-4-7)13-14-9(10,11)12;1-2-4-6-5-3-1/h3-6H,2H2,1H3;1-6H/q-1;. The maximum Gasteiger partial charge on any atom is 0.509 e. The highest BCUT2D eigenvalue weighted by atomic mass is 19.4. The van der Waals surface area contributed by atoms with Crippen LogP contribution in [0.15, 0.2) is 60.7 Å². The second kappa shape index (κ2) is 8.22. The van der Waals surface area contributed by atoms with Crippen LogP contribution in [0.2, 0.25) is 0 Å². The lowest BCUT2D eigenvalue weighted by Crippen LogP contribution is -2.08. The smallest absolute Gasteiger partial charge is 0.509 e. The van der Waals surface area contributed by atoms with E-state index in [1.165, 1.54) is 12.1 Å². The van der Waals surface area contributed by atoms with Crippen LogP contribution < -0.4 is 0 Å². The predicted molar refractivity (Wildman–Crippen MR) is 72.4 cm³/mol.